The molecule has 1 aliphatic carbocycles. The molecule has 2 rings (SSSR count). The summed E-state index contributed by atoms with van der Waals surface area (Å²) in [6.07, 6.45) is 6.58. The highest BCUT2D eigenvalue weighted by molar-refractivity contribution is 4.83. The Morgan fingerprint density at radius 1 is 1.22 bits per heavy atom. The van der Waals surface area contributed by atoms with E-state index in [9.17, 15) is 5.11 Å². The van der Waals surface area contributed by atoms with Gasteiger partial charge in [-0.3, -0.25) is 4.90 Å². The Kier molecular flexibility index (Phi) is 5.42. The molecule has 4 nitrogen and oxygen atoms in total. The van der Waals surface area contributed by atoms with Crippen molar-refractivity contribution in [1.29, 1.82) is 0 Å². The Morgan fingerprint density at radius 3 is 2.78 bits per heavy atom. The maximum absolute atomic E-state index is 9.25. The van der Waals surface area contributed by atoms with Crippen LogP contribution in [0.2, 0.25) is 0 Å². The van der Waals surface area contributed by atoms with Gasteiger partial charge in [0.05, 0.1) is 18.8 Å². The molecule has 3 N–H and O–H groups in total. The molecule has 0 aromatic heterocycles. The molecule has 0 aromatic rings. The second-order valence-corrected chi connectivity index (χ2v) is 6.03. The molecule has 0 amide bonds. The van der Waals surface area contributed by atoms with Crippen molar-refractivity contribution in [3.63, 3.8) is 0 Å². The van der Waals surface area contributed by atoms with Gasteiger partial charge in [0.15, 0.2) is 0 Å². The van der Waals surface area contributed by atoms with E-state index in [1.807, 2.05) is 0 Å². The van der Waals surface area contributed by atoms with Crippen LogP contribution in [0.3, 0.4) is 0 Å². The Hall–Kier alpha value is -0.160. The maximum atomic E-state index is 9.25. The van der Waals surface area contributed by atoms with Gasteiger partial charge < -0.3 is 15.6 Å². The molecule has 0 radical (unpaired) electrons. The maximum Gasteiger partial charge on any atom is 0.0936 e. The van der Waals surface area contributed by atoms with Crippen LogP contribution < -0.4 is 5.73 Å². The third kappa shape index (κ3) is 3.92. The predicted octanol–water partition coefficient (Wildman–Crippen LogP) is 0.976. The van der Waals surface area contributed by atoms with Gasteiger partial charge >= 0.3 is 0 Å². The molecule has 0 aromatic carbocycles. The number of hydrogen-bond donors (Lipinski definition) is 2. The Bertz CT molecular complexity index is 250. The van der Waals surface area contributed by atoms with Crippen LogP contribution >= 0.6 is 0 Å². The van der Waals surface area contributed by atoms with Crippen molar-refractivity contribution in [2.75, 3.05) is 26.2 Å². The fourth-order valence-corrected chi connectivity index (χ4v) is 3.36. The van der Waals surface area contributed by atoms with Gasteiger partial charge in [-0.15, -0.1) is 0 Å². The molecule has 106 valence electrons. The van der Waals surface area contributed by atoms with E-state index in [0.29, 0.717) is 12.0 Å². The summed E-state index contributed by atoms with van der Waals surface area (Å²) in [5.74, 6) is 0.622. The topological polar surface area (TPSA) is 58.7 Å². The highest BCUT2D eigenvalue weighted by Crippen LogP contribution is 2.24. The van der Waals surface area contributed by atoms with Crippen LogP contribution in [0.25, 0.3) is 0 Å². The first-order chi connectivity index (χ1) is 8.69. The highest BCUT2D eigenvalue weighted by atomic mass is 16.5. The van der Waals surface area contributed by atoms with Crippen LogP contribution in [-0.4, -0.2) is 54.5 Å². The summed E-state index contributed by atoms with van der Waals surface area (Å²) in [7, 11) is 0. The summed E-state index contributed by atoms with van der Waals surface area (Å²) in [4.78, 5) is 2.44. The third-order valence-electron chi connectivity index (χ3n) is 4.32. The van der Waals surface area contributed by atoms with Crippen LogP contribution in [0.4, 0.5) is 0 Å². The molecule has 1 aliphatic heterocycles. The number of morpholine rings is 1. The Morgan fingerprint density at radius 2 is 2.00 bits per heavy atom. The number of ether oxygens (including phenoxy) is 1. The van der Waals surface area contributed by atoms with Crippen LogP contribution in [0.1, 0.15) is 39.0 Å². The minimum Gasteiger partial charge on any atom is -0.394 e. The number of rotatable bonds is 3. The van der Waals surface area contributed by atoms with Crippen LogP contribution in [0, 0.1) is 5.92 Å². The van der Waals surface area contributed by atoms with E-state index in [-0.39, 0.29) is 18.8 Å². The van der Waals surface area contributed by atoms with Crippen molar-refractivity contribution in [3.8, 4) is 0 Å². The quantitative estimate of drug-likeness (QED) is 0.739. The van der Waals surface area contributed by atoms with Crippen molar-refractivity contribution in [1.82, 2.24) is 4.90 Å². The lowest BCUT2D eigenvalue weighted by atomic mass is 9.94. The predicted molar refractivity (Wildman–Crippen MR) is 72.4 cm³/mol. The number of nitrogens with two attached hydrogens (primary N) is 1. The van der Waals surface area contributed by atoms with Gasteiger partial charge in [-0.2, -0.15) is 0 Å². The van der Waals surface area contributed by atoms with Crippen molar-refractivity contribution in [3.05, 3.63) is 0 Å². The third-order valence-corrected chi connectivity index (χ3v) is 4.32. The molecular weight excluding hydrogens is 228 g/mol. The standard InChI is InChI=1S/C14H28N2O2/c1-11-7-16(9-13(10-17)18-11)8-12-5-3-2-4-6-14(12)15/h11-14,17H,2-10,15H2,1H3. The zero-order chi connectivity index (χ0) is 13.0. The first-order valence-corrected chi connectivity index (χ1v) is 7.43. The van der Waals surface area contributed by atoms with E-state index < -0.39 is 0 Å². The molecular formula is C14H28N2O2. The normalized spacial score (nSPS) is 39.5. The van der Waals surface area contributed by atoms with Crippen LogP contribution in [0.5, 0.6) is 0 Å². The highest BCUT2D eigenvalue weighted by Gasteiger charge is 2.28. The van der Waals surface area contributed by atoms with Crippen molar-refractivity contribution >= 4 is 0 Å². The number of aliphatic hydroxyl groups excluding tert-OH is 1. The second kappa shape index (κ2) is 6.85. The van der Waals surface area contributed by atoms with Gasteiger partial charge in [0.1, 0.15) is 0 Å². The van der Waals surface area contributed by atoms with Gasteiger partial charge in [-0.25, -0.2) is 0 Å². The molecule has 0 bridgehead atoms. The molecule has 4 unspecified atom stereocenters. The zero-order valence-electron chi connectivity index (χ0n) is 11.6. The van der Waals surface area contributed by atoms with Gasteiger partial charge in [-0.1, -0.05) is 19.3 Å². The number of nitrogens with zero attached hydrogens (tertiary/aromatic N) is 1. The molecule has 1 saturated carbocycles. The van der Waals surface area contributed by atoms with Crippen molar-refractivity contribution in [2.45, 2.75) is 57.3 Å². The first kappa shape index (κ1) is 14.3. The Balaban J connectivity index is 1.86. The van der Waals surface area contributed by atoms with Gasteiger partial charge in [0.2, 0.25) is 0 Å². The monoisotopic (exact) mass is 256 g/mol. The number of aliphatic hydroxyl groups is 1. The molecule has 1 heterocycles. The molecule has 2 aliphatic rings. The molecule has 4 heteroatoms. The van der Waals surface area contributed by atoms with Gasteiger partial charge in [0.25, 0.3) is 0 Å². The summed E-state index contributed by atoms with van der Waals surface area (Å²) in [5.41, 5.74) is 6.29. The Labute approximate surface area is 110 Å². The summed E-state index contributed by atoms with van der Waals surface area (Å²) >= 11 is 0. The van der Waals surface area contributed by atoms with E-state index in [2.05, 4.69) is 11.8 Å². The summed E-state index contributed by atoms with van der Waals surface area (Å²) < 4.78 is 5.68. The average Bonchev–Trinajstić information content (AvgIpc) is 2.54. The summed E-state index contributed by atoms with van der Waals surface area (Å²) in [5, 5.41) is 9.25. The van der Waals surface area contributed by atoms with E-state index in [1.165, 1.54) is 32.1 Å². The summed E-state index contributed by atoms with van der Waals surface area (Å²) in [6.45, 7) is 5.11. The summed E-state index contributed by atoms with van der Waals surface area (Å²) in [6, 6.07) is 0.359. The van der Waals surface area contributed by atoms with Crippen LogP contribution in [-0.2, 0) is 4.74 Å². The largest absolute Gasteiger partial charge is 0.394 e. The van der Waals surface area contributed by atoms with E-state index in [0.717, 1.165) is 19.6 Å². The molecule has 1 saturated heterocycles. The van der Waals surface area contributed by atoms with Crippen molar-refractivity contribution < 1.29 is 9.84 Å². The fraction of sp³-hybridized carbons (Fsp3) is 1.00. The first-order valence-electron chi connectivity index (χ1n) is 7.43. The lowest BCUT2D eigenvalue weighted by molar-refractivity contribution is -0.0985. The molecule has 18 heavy (non-hydrogen) atoms. The SMILES string of the molecule is CC1CN(CC2CCCCCC2N)CC(CO)O1. The lowest BCUT2D eigenvalue weighted by Crippen LogP contribution is -2.51. The van der Waals surface area contributed by atoms with Crippen molar-refractivity contribution in [2.24, 2.45) is 11.7 Å². The molecule has 2 fully saturated rings. The minimum atomic E-state index is -0.0178. The second-order valence-electron chi connectivity index (χ2n) is 6.03. The van der Waals surface area contributed by atoms with E-state index in [4.69, 9.17) is 10.5 Å². The average molecular weight is 256 g/mol. The lowest BCUT2D eigenvalue weighted by Gasteiger charge is -2.38. The van der Waals surface area contributed by atoms with E-state index in [1.54, 1.807) is 0 Å². The van der Waals surface area contributed by atoms with Gasteiger partial charge in [0, 0.05) is 25.7 Å². The van der Waals surface area contributed by atoms with Gasteiger partial charge in [-0.05, 0) is 25.7 Å². The fourth-order valence-electron chi connectivity index (χ4n) is 3.36. The zero-order valence-corrected chi connectivity index (χ0v) is 11.6. The van der Waals surface area contributed by atoms with Crippen LogP contribution in [0.15, 0.2) is 0 Å². The molecule has 4 atom stereocenters. The van der Waals surface area contributed by atoms with E-state index >= 15 is 0 Å². The minimum absolute atomic E-state index is 0.0178. The molecule has 0 spiro atoms. The number of hydrogen-bond acceptors (Lipinski definition) is 4. The smallest absolute Gasteiger partial charge is 0.0936 e.